The van der Waals surface area contributed by atoms with Crippen LogP contribution in [0.5, 0.6) is 5.75 Å². The second-order valence-corrected chi connectivity index (χ2v) is 5.02. The van der Waals surface area contributed by atoms with Crippen LogP contribution in [0.3, 0.4) is 0 Å². The Bertz CT molecular complexity index is 567. The van der Waals surface area contributed by atoms with Gasteiger partial charge < -0.3 is 14.8 Å². The van der Waals surface area contributed by atoms with Crippen LogP contribution < -0.4 is 10.1 Å². The zero-order valence-corrected chi connectivity index (χ0v) is 12.7. The van der Waals surface area contributed by atoms with Crippen LogP contribution in [0.4, 0.5) is 0 Å². The van der Waals surface area contributed by atoms with Crippen molar-refractivity contribution in [3.63, 3.8) is 0 Å². The van der Waals surface area contributed by atoms with Gasteiger partial charge in [-0.1, -0.05) is 12.1 Å². The maximum atomic E-state index is 12.0. The van der Waals surface area contributed by atoms with Crippen LogP contribution in [0.1, 0.15) is 25.3 Å². The molecule has 1 heterocycles. The first-order valence-corrected chi connectivity index (χ1v) is 7.47. The summed E-state index contributed by atoms with van der Waals surface area (Å²) in [6.45, 7) is 3.71. The van der Waals surface area contributed by atoms with Gasteiger partial charge in [0.25, 0.3) is 5.91 Å². The fourth-order valence-electron chi connectivity index (χ4n) is 2.25. The van der Waals surface area contributed by atoms with Crippen molar-refractivity contribution in [2.75, 3.05) is 19.8 Å². The van der Waals surface area contributed by atoms with Gasteiger partial charge in [-0.3, -0.25) is 4.79 Å². The van der Waals surface area contributed by atoms with Gasteiger partial charge in [0.15, 0.2) is 0 Å². The molecule has 0 spiro atoms. The molecule has 5 heteroatoms. The summed E-state index contributed by atoms with van der Waals surface area (Å²) in [5.74, 6) is 0.396. The smallest absolute Gasteiger partial charge is 0.262 e. The van der Waals surface area contributed by atoms with E-state index in [4.69, 9.17) is 14.7 Å². The molecule has 0 bridgehead atoms. The fourth-order valence-corrected chi connectivity index (χ4v) is 2.25. The van der Waals surface area contributed by atoms with Crippen LogP contribution >= 0.6 is 0 Å². The number of hydrogen-bond acceptors (Lipinski definition) is 4. The van der Waals surface area contributed by atoms with Gasteiger partial charge in [0, 0.05) is 13.2 Å². The van der Waals surface area contributed by atoms with Crippen molar-refractivity contribution in [3.8, 4) is 11.8 Å². The lowest BCUT2D eigenvalue weighted by Gasteiger charge is -2.10. The molecule has 1 aromatic rings. The molecule has 1 atom stereocenters. The van der Waals surface area contributed by atoms with Gasteiger partial charge in [0.1, 0.15) is 17.4 Å². The van der Waals surface area contributed by atoms with E-state index in [1.807, 2.05) is 37.3 Å². The Hall–Kier alpha value is -2.32. The number of hydrogen-bond donors (Lipinski definition) is 1. The lowest BCUT2D eigenvalue weighted by molar-refractivity contribution is -0.117. The number of ether oxygens (including phenoxy) is 2. The monoisotopic (exact) mass is 300 g/mol. The van der Waals surface area contributed by atoms with Crippen molar-refractivity contribution in [2.24, 2.45) is 0 Å². The quantitative estimate of drug-likeness (QED) is 0.646. The molecule has 0 saturated carbocycles. The molecule has 1 unspecified atom stereocenters. The number of rotatable bonds is 6. The summed E-state index contributed by atoms with van der Waals surface area (Å²) in [5.41, 5.74) is 0.870. The first-order valence-electron chi connectivity index (χ1n) is 7.47. The molecule has 1 aliphatic rings. The highest BCUT2D eigenvalue weighted by atomic mass is 16.5. The minimum atomic E-state index is -0.369. The Kier molecular flexibility index (Phi) is 5.99. The molecule has 0 aliphatic carbocycles. The predicted molar refractivity (Wildman–Crippen MR) is 83.2 cm³/mol. The normalized spacial score (nSPS) is 17.8. The SMILES string of the molecule is CCOc1ccc(/C=C(\C#N)C(=O)NCC2CCCO2)cc1. The van der Waals surface area contributed by atoms with E-state index in [1.165, 1.54) is 0 Å². The van der Waals surface area contributed by atoms with Crippen LogP contribution in [0, 0.1) is 11.3 Å². The Morgan fingerprint density at radius 3 is 2.86 bits per heavy atom. The number of nitrogens with zero attached hydrogens (tertiary/aromatic N) is 1. The highest BCUT2D eigenvalue weighted by molar-refractivity contribution is 6.01. The van der Waals surface area contributed by atoms with Crippen LogP contribution in [0.2, 0.25) is 0 Å². The summed E-state index contributed by atoms with van der Waals surface area (Å²) < 4.78 is 10.8. The number of nitrogens with one attached hydrogen (secondary N) is 1. The third-order valence-electron chi connectivity index (χ3n) is 3.38. The molecule has 1 amide bonds. The summed E-state index contributed by atoms with van der Waals surface area (Å²) in [5, 5.41) is 11.9. The number of carbonyl (C=O) groups is 1. The third-order valence-corrected chi connectivity index (χ3v) is 3.38. The maximum Gasteiger partial charge on any atom is 0.262 e. The highest BCUT2D eigenvalue weighted by Crippen LogP contribution is 2.15. The Labute approximate surface area is 130 Å². The summed E-state index contributed by atoms with van der Waals surface area (Å²) in [6.07, 6.45) is 3.60. The predicted octanol–water partition coefficient (Wildman–Crippen LogP) is 2.29. The van der Waals surface area contributed by atoms with E-state index in [0.29, 0.717) is 13.2 Å². The summed E-state index contributed by atoms with van der Waals surface area (Å²) in [6, 6.07) is 9.20. The molecule has 1 N–H and O–H groups in total. The van der Waals surface area contributed by atoms with Crippen molar-refractivity contribution in [3.05, 3.63) is 35.4 Å². The highest BCUT2D eigenvalue weighted by Gasteiger charge is 2.17. The molecule has 1 aliphatic heterocycles. The van der Waals surface area contributed by atoms with E-state index < -0.39 is 0 Å². The van der Waals surface area contributed by atoms with Gasteiger partial charge in [0.05, 0.1) is 12.7 Å². The third kappa shape index (κ3) is 4.61. The molecule has 1 aromatic carbocycles. The molecule has 22 heavy (non-hydrogen) atoms. The van der Waals surface area contributed by atoms with E-state index in [1.54, 1.807) is 6.08 Å². The van der Waals surface area contributed by atoms with Crippen molar-refractivity contribution in [1.29, 1.82) is 5.26 Å². The van der Waals surface area contributed by atoms with Crippen LogP contribution in [-0.4, -0.2) is 31.8 Å². The topological polar surface area (TPSA) is 71.3 Å². The average Bonchev–Trinajstić information content (AvgIpc) is 3.05. The largest absolute Gasteiger partial charge is 0.494 e. The van der Waals surface area contributed by atoms with E-state index in [2.05, 4.69) is 5.32 Å². The minimum Gasteiger partial charge on any atom is -0.494 e. The van der Waals surface area contributed by atoms with Crippen molar-refractivity contribution >= 4 is 12.0 Å². The van der Waals surface area contributed by atoms with Gasteiger partial charge in [-0.05, 0) is 43.5 Å². The Balaban J connectivity index is 1.96. The van der Waals surface area contributed by atoms with E-state index in [9.17, 15) is 4.79 Å². The number of amides is 1. The average molecular weight is 300 g/mol. The summed E-state index contributed by atoms with van der Waals surface area (Å²) in [4.78, 5) is 12.0. The van der Waals surface area contributed by atoms with Gasteiger partial charge >= 0.3 is 0 Å². The zero-order chi connectivity index (χ0) is 15.8. The molecular weight excluding hydrogens is 280 g/mol. The molecule has 2 rings (SSSR count). The van der Waals surface area contributed by atoms with Crippen LogP contribution in [0.25, 0.3) is 6.08 Å². The summed E-state index contributed by atoms with van der Waals surface area (Å²) >= 11 is 0. The Morgan fingerprint density at radius 1 is 1.50 bits per heavy atom. The van der Waals surface area contributed by atoms with E-state index in [-0.39, 0.29) is 17.6 Å². The number of carbonyl (C=O) groups excluding carboxylic acids is 1. The molecular formula is C17H20N2O3. The molecule has 116 valence electrons. The molecule has 5 nitrogen and oxygen atoms in total. The maximum absolute atomic E-state index is 12.0. The van der Waals surface area contributed by atoms with Gasteiger partial charge in [0.2, 0.25) is 0 Å². The minimum absolute atomic E-state index is 0.0642. The van der Waals surface area contributed by atoms with Crippen molar-refractivity contribution in [2.45, 2.75) is 25.9 Å². The first-order chi connectivity index (χ1) is 10.7. The Morgan fingerprint density at radius 2 is 2.27 bits per heavy atom. The second-order valence-electron chi connectivity index (χ2n) is 5.02. The van der Waals surface area contributed by atoms with Crippen molar-refractivity contribution < 1.29 is 14.3 Å². The second kappa shape index (κ2) is 8.20. The number of nitriles is 1. The standard InChI is InChI=1S/C17H20N2O3/c1-2-21-15-7-5-13(6-8-15)10-14(11-18)17(20)19-12-16-4-3-9-22-16/h5-8,10,16H,2-4,9,12H2,1H3,(H,19,20)/b14-10+. The molecule has 0 radical (unpaired) electrons. The van der Waals surface area contributed by atoms with Gasteiger partial charge in [-0.2, -0.15) is 5.26 Å². The molecule has 1 fully saturated rings. The fraction of sp³-hybridized carbons (Fsp3) is 0.412. The van der Waals surface area contributed by atoms with Crippen LogP contribution in [-0.2, 0) is 9.53 Å². The lowest BCUT2D eigenvalue weighted by Crippen LogP contribution is -2.32. The molecule has 0 aromatic heterocycles. The van der Waals surface area contributed by atoms with Crippen molar-refractivity contribution in [1.82, 2.24) is 5.32 Å². The first kappa shape index (κ1) is 16.1. The zero-order valence-electron chi connectivity index (χ0n) is 12.7. The van der Waals surface area contributed by atoms with E-state index in [0.717, 1.165) is 30.8 Å². The lowest BCUT2D eigenvalue weighted by atomic mass is 10.1. The van der Waals surface area contributed by atoms with Gasteiger partial charge in [-0.25, -0.2) is 0 Å². The van der Waals surface area contributed by atoms with Crippen LogP contribution in [0.15, 0.2) is 29.8 Å². The summed E-state index contributed by atoms with van der Waals surface area (Å²) in [7, 11) is 0. The number of benzene rings is 1. The molecule has 1 saturated heterocycles. The van der Waals surface area contributed by atoms with Gasteiger partial charge in [-0.15, -0.1) is 0 Å². The van der Waals surface area contributed by atoms with E-state index >= 15 is 0 Å².